The maximum atomic E-state index is 13.6. The van der Waals surface area contributed by atoms with Gasteiger partial charge in [-0.05, 0) is 67.5 Å². The number of nitrogens with zero attached hydrogens (tertiary/aromatic N) is 2. The Balaban J connectivity index is 1.58. The third kappa shape index (κ3) is 5.38. The molecule has 1 saturated heterocycles. The van der Waals surface area contributed by atoms with Crippen molar-refractivity contribution in [3.63, 3.8) is 0 Å². The van der Waals surface area contributed by atoms with Crippen LogP contribution in [0.4, 0.5) is 10.1 Å². The molecule has 2 atom stereocenters. The molecule has 2 heterocycles. The number of carbonyl (C=O) groups excluding carboxylic acids is 1. The Morgan fingerprint density at radius 1 is 1.13 bits per heavy atom. The lowest BCUT2D eigenvalue weighted by atomic mass is 9.89. The number of furan rings is 1. The van der Waals surface area contributed by atoms with Crippen LogP contribution in [0.25, 0.3) is 22.3 Å². The van der Waals surface area contributed by atoms with E-state index in [1.807, 2.05) is 19.4 Å². The van der Waals surface area contributed by atoms with Gasteiger partial charge in [-0.25, -0.2) is 12.9 Å². The first-order valence-corrected chi connectivity index (χ1v) is 15.8. The minimum absolute atomic E-state index is 0.187. The Labute approximate surface area is 231 Å². The third-order valence-corrected chi connectivity index (χ3v) is 10.6. The van der Waals surface area contributed by atoms with E-state index in [1.165, 1.54) is 31.4 Å². The molecule has 2 unspecified atom stereocenters. The van der Waals surface area contributed by atoms with Crippen molar-refractivity contribution < 1.29 is 17.8 Å². The molecule has 204 valence electrons. The number of fused-ring (bicyclic) bond motifs is 1. The van der Waals surface area contributed by atoms with Gasteiger partial charge in [-0.1, -0.05) is 31.2 Å². The fraction of sp³-hybridized carbons (Fsp3) is 0.483. The fourth-order valence-corrected chi connectivity index (χ4v) is 7.99. The number of anilines is 1. The summed E-state index contributed by atoms with van der Waals surface area (Å²) in [6, 6.07) is 10.1. The summed E-state index contributed by atoms with van der Waals surface area (Å²) in [6.45, 7) is 1.60. The molecule has 1 N–H and O–H groups in total. The molecule has 0 spiro atoms. The number of amides is 1. The molecule has 0 bridgehead atoms. The van der Waals surface area contributed by atoms with Crippen LogP contribution in [0.15, 0.2) is 40.8 Å². The Morgan fingerprint density at radius 2 is 1.87 bits per heavy atom. The smallest absolute Gasteiger partial charge is 0.255 e. The summed E-state index contributed by atoms with van der Waals surface area (Å²) in [5.41, 5.74) is 3.88. The molecule has 1 amide bonds. The van der Waals surface area contributed by atoms with E-state index in [0.29, 0.717) is 22.5 Å². The van der Waals surface area contributed by atoms with Crippen molar-refractivity contribution in [1.82, 2.24) is 9.62 Å². The number of piperidine rings is 1. The van der Waals surface area contributed by atoms with Gasteiger partial charge in [0.2, 0.25) is 0 Å². The summed E-state index contributed by atoms with van der Waals surface area (Å²) in [7, 11) is 2.66. The number of rotatable bonds is 7. The summed E-state index contributed by atoms with van der Waals surface area (Å²) in [6.07, 6.45) is 9.71. The first kappa shape index (κ1) is 27.2. The van der Waals surface area contributed by atoms with E-state index in [0.717, 1.165) is 55.4 Å². The molecule has 6 nitrogen and oxygen atoms in total. The van der Waals surface area contributed by atoms with Crippen LogP contribution >= 0.6 is 11.9 Å². The summed E-state index contributed by atoms with van der Waals surface area (Å²) in [4.78, 5) is 13.1. The van der Waals surface area contributed by atoms with Gasteiger partial charge in [-0.15, -0.1) is 0 Å². The van der Waals surface area contributed by atoms with E-state index in [9.17, 15) is 13.4 Å². The number of hydrogen-bond acceptors (Lipinski definition) is 5. The molecule has 1 aliphatic heterocycles. The van der Waals surface area contributed by atoms with Gasteiger partial charge in [0, 0.05) is 55.7 Å². The molecular weight excluding hydrogens is 521 g/mol. The summed E-state index contributed by atoms with van der Waals surface area (Å²) in [5, 5.41) is 3.76. The second kappa shape index (κ2) is 11.8. The lowest BCUT2D eigenvalue weighted by molar-refractivity contribution is 0.0964. The molecule has 38 heavy (non-hydrogen) atoms. The first-order chi connectivity index (χ1) is 18.4. The molecule has 5 rings (SSSR count). The van der Waals surface area contributed by atoms with Crippen molar-refractivity contribution >= 4 is 45.5 Å². The highest BCUT2D eigenvalue weighted by molar-refractivity contribution is 7.99. The largest absolute Gasteiger partial charge is 0.455 e. The third-order valence-electron chi connectivity index (χ3n) is 7.93. The predicted octanol–water partition coefficient (Wildman–Crippen LogP) is 6.49. The molecule has 1 aromatic heterocycles. The van der Waals surface area contributed by atoms with Crippen molar-refractivity contribution in [2.75, 3.05) is 37.7 Å². The molecular formula is C29H36FN3O3S2. The topological polar surface area (TPSA) is 65.8 Å². The maximum absolute atomic E-state index is 13.6. The van der Waals surface area contributed by atoms with E-state index in [1.54, 1.807) is 31.1 Å². The minimum Gasteiger partial charge on any atom is -0.455 e. The molecule has 2 aliphatic rings. The highest BCUT2D eigenvalue weighted by atomic mass is 32.2. The van der Waals surface area contributed by atoms with Gasteiger partial charge in [0.05, 0.1) is 22.2 Å². The van der Waals surface area contributed by atoms with Crippen LogP contribution in [0.3, 0.4) is 0 Å². The van der Waals surface area contributed by atoms with Crippen LogP contribution in [-0.4, -0.2) is 53.1 Å². The van der Waals surface area contributed by atoms with Crippen LogP contribution in [0.1, 0.15) is 66.8 Å². The van der Waals surface area contributed by atoms with Crippen molar-refractivity contribution in [1.29, 1.82) is 0 Å². The van der Waals surface area contributed by atoms with Gasteiger partial charge in [0.1, 0.15) is 17.2 Å². The van der Waals surface area contributed by atoms with Gasteiger partial charge >= 0.3 is 0 Å². The average Bonchev–Trinajstić information content (AvgIpc) is 3.34. The Bertz CT molecular complexity index is 1320. The summed E-state index contributed by atoms with van der Waals surface area (Å²) in [5.74, 6) is 0.0265. The van der Waals surface area contributed by atoms with E-state index in [4.69, 9.17) is 4.42 Å². The minimum atomic E-state index is -0.968. The molecule has 1 aliphatic carbocycles. The second-order valence-corrected chi connectivity index (χ2v) is 12.9. The van der Waals surface area contributed by atoms with Gasteiger partial charge in [-0.2, -0.15) is 0 Å². The Kier molecular flexibility index (Phi) is 8.45. The SMILES string of the molecule is CNC(=O)c1c(-c2ccc(F)cc2)oc2cc(N(C)SC)c(C3CCCN(S(=O)C4CCCCC4)C3)cc12. The zero-order valence-corrected chi connectivity index (χ0v) is 23.9. The van der Waals surface area contributed by atoms with Gasteiger partial charge in [0.15, 0.2) is 0 Å². The molecule has 2 fully saturated rings. The van der Waals surface area contributed by atoms with Gasteiger partial charge in [-0.3, -0.25) is 4.79 Å². The lowest BCUT2D eigenvalue weighted by Gasteiger charge is -2.36. The quantitative estimate of drug-likeness (QED) is 0.337. The molecule has 2 aromatic carbocycles. The lowest BCUT2D eigenvalue weighted by Crippen LogP contribution is -2.40. The summed E-state index contributed by atoms with van der Waals surface area (Å²) < 4.78 is 37.7. The molecule has 3 aromatic rings. The first-order valence-electron chi connectivity index (χ1n) is 13.4. The highest BCUT2D eigenvalue weighted by Gasteiger charge is 2.32. The molecule has 1 saturated carbocycles. The monoisotopic (exact) mass is 557 g/mol. The standard InChI is InChI=1S/C29H36FN3O3S2/c1-31-29(34)27-24-16-23(20-8-7-15-33(18-20)38(35)22-9-5-4-6-10-22)25(32(2)37-3)17-26(24)36-28(27)19-11-13-21(30)14-12-19/h11-14,16-17,20,22H,4-10,15,18H2,1-3H3,(H,31,34). The second-order valence-electron chi connectivity index (χ2n) is 10.2. The zero-order valence-electron chi connectivity index (χ0n) is 22.3. The van der Waals surface area contributed by atoms with Crippen LogP contribution in [0.2, 0.25) is 0 Å². The molecule has 9 heteroatoms. The van der Waals surface area contributed by atoms with Gasteiger partial charge in [0.25, 0.3) is 5.91 Å². The highest BCUT2D eigenvalue weighted by Crippen LogP contribution is 2.42. The number of nitrogens with one attached hydrogen (secondary N) is 1. The van der Waals surface area contributed by atoms with E-state index >= 15 is 0 Å². The number of halogens is 1. The van der Waals surface area contributed by atoms with E-state index in [-0.39, 0.29) is 22.9 Å². The van der Waals surface area contributed by atoms with Crippen LogP contribution in [0, 0.1) is 5.82 Å². The predicted molar refractivity (Wildman–Crippen MR) is 155 cm³/mol. The Morgan fingerprint density at radius 3 is 2.55 bits per heavy atom. The van der Waals surface area contributed by atoms with Crippen molar-refractivity contribution in [3.05, 3.63) is 53.3 Å². The number of carbonyl (C=O) groups is 1. The number of benzene rings is 2. The van der Waals surface area contributed by atoms with Crippen molar-refractivity contribution in [2.24, 2.45) is 0 Å². The number of hydrogen-bond donors (Lipinski definition) is 1. The normalized spacial score (nSPS) is 19.9. The molecule has 0 radical (unpaired) electrons. The van der Waals surface area contributed by atoms with Crippen molar-refractivity contribution in [2.45, 2.75) is 56.1 Å². The maximum Gasteiger partial charge on any atom is 0.255 e. The van der Waals surface area contributed by atoms with E-state index < -0.39 is 11.0 Å². The fourth-order valence-electron chi connectivity index (χ4n) is 5.84. The van der Waals surface area contributed by atoms with Gasteiger partial charge < -0.3 is 14.0 Å². The van der Waals surface area contributed by atoms with Crippen molar-refractivity contribution in [3.8, 4) is 11.3 Å². The Hall–Kier alpha value is -2.36. The average molecular weight is 558 g/mol. The zero-order chi connectivity index (χ0) is 26.8. The van der Waals surface area contributed by atoms with Crippen LogP contribution < -0.4 is 9.62 Å². The van der Waals surface area contributed by atoms with Crippen LogP contribution in [-0.2, 0) is 11.0 Å². The summed E-state index contributed by atoms with van der Waals surface area (Å²) >= 11 is 1.61. The van der Waals surface area contributed by atoms with Crippen LogP contribution in [0.5, 0.6) is 0 Å². The van der Waals surface area contributed by atoms with E-state index in [2.05, 4.69) is 20.0 Å².